The van der Waals surface area contributed by atoms with Gasteiger partial charge in [0, 0.05) is 6.07 Å². The molecule has 0 aliphatic heterocycles. The van der Waals surface area contributed by atoms with E-state index < -0.39 is 11.7 Å². The first-order valence-corrected chi connectivity index (χ1v) is 3.81. The Labute approximate surface area is 80.4 Å². The maximum atomic E-state index is 13.4. The molecule has 5 heteroatoms. The lowest BCUT2D eigenvalue weighted by atomic mass is 10.1. The van der Waals surface area contributed by atoms with Gasteiger partial charge in [0.1, 0.15) is 5.75 Å². The summed E-state index contributed by atoms with van der Waals surface area (Å²) < 4.78 is 22.9. The van der Waals surface area contributed by atoms with Gasteiger partial charge in [-0.25, -0.2) is 4.39 Å². The normalized spacial score (nSPS) is 9.64. The van der Waals surface area contributed by atoms with Crippen molar-refractivity contribution in [1.82, 2.24) is 0 Å². The molecule has 0 bridgehead atoms. The van der Waals surface area contributed by atoms with Gasteiger partial charge in [-0.05, 0) is 6.07 Å². The van der Waals surface area contributed by atoms with Crippen molar-refractivity contribution in [3.8, 4) is 11.5 Å². The second-order valence-corrected chi connectivity index (χ2v) is 2.56. The van der Waals surface area contributed by atoms with Crippen LogP contribution in [-0.2, 0) is 0 Å². The van der Waals surface area contributed by atoms with Gasteiger partial charge in [-0.15, -0.1) is 0 Å². The third-order valence-electron chi connectivity index (χ3n) is 1.73. The molecule has 14 heavy (non-hydrogen) atoms. The van der Waals surface area contributed by atoms with Gasteiger partial charge in [-0.3, -0.25) is 4.79 Å². The fourth-order valence-electron chi connectivity index (χ4n) is 1.02. The molecule has 0 saturated carbocycles. The molecule has 1 aromatic rings. The van der Waals surface area contributed by atoms with Crippen molar-refractivity contribution in [1.29, 1.82) is 0 Å². The third kappa shape index (κ3) is 1.76. The van der Waals surface area contributed by atoms with Crippen LogP contribution < -0.4 is 15.2 Å². The van der Waals surface area contributed by atoms with Crippen LogP contribution in [0.1, 0.15) is 10.4 Å². The lowest BCUT2D eigenvalue weighted by Crippen LogP contribution is -2.14. The number of ether oxygens (including phenoxy) is 2. The second kappa shape index (κ2) is 3.95. The first-order valence-electron chi connectivity index (χ1n) is 3.81. The van der Waals surface area contributed by atoms with Gasteiger partial charge in [-0.1, -0.05) is 0 Å². The minimum absolute atomic E-state index is 0.0712. The predicted octanol–water partition coefficient (Wildman–Crippen LogP) is 0.942. The molecule has 4 nitrogen and oxygen atoms in total. The summed E-state index contributed by atoms with van der Waals surface area (Å²) in [4.78, 5) is 10.8. The van der Waals surface area contributed by atoms with E-state index in [0.29, 0.717) is 5.75 Å². The lowest BCUT2D eigenvalue weighted by Gasteiger charge is -2.07. The fraction of sp³-hybridized carbons (Fsp3) is 0.222. The standard InChI is InChI=1S/C9H10FNO3/c1-13-5-3-6(9(11)12)8(10)7(4-5)14-2/h3-4H,1-2H3,(H2,11,12). The number of benzene rings is 1. The number of nitrogens with two attached hydrogens (primary N) is 1. The smallest absolute Gasteiger partial charge is 0.251 e. The highest BCUT2D eigenvalue weighted by molar-refractivity contribution is 5.94. The SMILES string of the molecule is COc1cc(OC)c(F)c(C(N)=O)c1. The van der Waals surface area contributed by atoms with E-state index in [1.54, 1.807) is 0 Å². The van der Waals surface area contributed by atoms with E-state index in [0.717, 1.165) is 0 Å². The Kier molecular flexibility index (Phi) is 2.91. The van der Waals surface area contributed by atoms with Crippen molar-refractivity contribution in [2.24, 2.45) is 5.73 Å². The first kappa shape index (κ1) is 10.3. The number of hydrogen-bond donors (Lipinski definition) is 1. The zero-order valence-corrected chi connectivity index (χ0v) is 7.83. The molecule has 0 fully saturated rings. The van der Waals surface area contributed by atoms with E-state index >= 15 is 0 Å². The van der Waals surface area contributed by atoms with E-state index in [1.165, 1.54) is 26.4 Å². The summed E-state index contributed by atoms with van der Waals surface area (Å²) in [7, 11) is 2.69. The maximum absolute atomic E-state index is 13.4. The topological polar surface area (TPSA) is 61.6 Å². The highest BCUT2D eigenvalue weighted by atomic mass is 19.1. The quantitative estimate of drug-likeness (QED) is 0.788. The van der Waals surface area contributed by atoms with Gasteiger partial charge in [0.25, 0.3) is 5.91 Å². The van der Waals surface area contributed by atoms with Crippen LogP contribution in [0.25, 0.3) is 0 Å². The Bertz CT molecular complexity index is 365. The number of rotatable bonds is 3. The Morgan fingerprint density at radius 3 is 2.43 bits per heavy atom. The van der Waals surface area contributed by atoms with Crippen LogP contribution in [0.5, 0.6) is 11.5 Å². The van der Waals surface area contributed by atoms with Crippen molar-refractivity contribution in [2.75, 3.05) is 14.2 Å². The van der Waals surface area contributed by atoms with Crippen LogP contribution in [0.3, 0.4) is 0 Å². The Hall–Kier alpha value is -1.78. The van der Waals surface area contributed by atoms with Gasteiger partial charge >= 0.3 is 0 Å². The minimum Gasteiger partial charge on any atom is -0.497 e. The molecule has 0 atom stereocenters. The van der Waals surface area contributed by atoms with Gasteiger partial charge < -0.3 is 15.2 Å². The van der Waals surface area contributed by atoms with Gasteiger partial charge in [0.05, 0.1) is 19.8 Å². The van der Waals surface area contributed by atoms with Crippen molar-refractivity contribution < 1.29 is 18.7 Å². The highest BCUT2D eigenvalue weighted by Gasteiger charge is 2.15. The van der Waals surface area contributed by atoms with E-state index in [9.17, 15) is 9.18 Å². The van der Waals surface area contributed by atoms with Crippen LogP contribution in [0.15, 0.2) is 12.1 Å². The van der Waals surface area contributed by atoms with Crippen molar-refractivity contribution in [3.63, 3.8) is 0 Å². The number of amides is 1. The molecule has 0 radical (unpaired) electrons. The summed E-state index contributed by atoms with van der Waals surface area (Å²) >= 11 is 0. The summed E-state index contributed by atoms with van der Waals surface area (Å²) in [5.41, 5.74) is 4.72. The molecule has 0 saturated heterocycles. The first-order chi connectivity index (χ1) is 6.60. The maximum Gasteiger partial charge on any atom is 0.251 e. The molecule has 0 heterocycles. The summed E-state index contributed by atoms with van der Waals surface area (Å²) in [6.45, 7) is 0. The number of carbonyl (C=O) groups excluding carboxylic acids is 1. The molecule has 1 amide bonds. The molecule has 0 aliphatic rings. The minimum atomic E-state index is -0.861. The van der Waals surface area contributed by atoms with E-state index in [1.807, 2.05) is 0 Å². The van der Waals surface area contributed by atoms with E-state index in [4.69, 9.17) is 15.2 Å². The summed E-state index contributed by atoms with van der Waals surface area (Å²) in [5, 5.41) is 0. The zero-order chi connectivity index (χ0) is 10.7. The largest absolute Gasteiger partial charge is 0.497 e. The van der Waals surface area contributed by atoms with Crippen molar-refractivity contribution >= 4 is 5.91 Å². The highest BCUT2D eigenvalue weighted by Crippen LogP contribution is 2.26. The summed E-state index contributed by atoms with van der Waals surface area (Å²) in [5.74, 6) is -1.39. The number of hydrogen-bond acceptors (Lipinski definition) is 3. The molecule has 0 aromatic heterocycles. The molecular formula is C9H10FNO3. The Morgan fingerprint density at radius 1 is 1.36 bits per heavy atom. The summed E-state index contributed by atoms with van der Waals surface area (Å²) in [6, 6.07) is 2.56. The monoisotopic (exact) mass is 199 g/mol. The molecule has 76 valence electrons. The van der Waals surface area contributed by atoms with Crippen molar-refractivity contribution in [3.05, 3.63) is 23.5 Å². The van der Waals surface area contributed by atoms with Gasteiger partial charge in [0.15, 0.2) is 11.6 Å². The summed E-state index contributed by atoms with van der Waals surface area (Å²) in [6.07, 6.45) is 0. The zero-order valence-electron chi connectivity index (χ0n) is 7.83. The molecule has 1 rings (SSSR count). The van der Waals surface area contributed by atoms with Crippen LogP contribution in [-0.4, -0.2) is 20.1 Å². The number of primary amides is 1. The molecule has 1 aromatic carbocycles. The fourth-order valence-corrected chi connectivity index (χ4v) is 1.02. The number of carbonyl (C=O) groups is 1. The second-order valence-electron chi connectivity index (χ2n) is 2.56. The van der Waals surface area contributed by atoms with Gasteiger partial charge in [-0.2, -0.15) is 0 Å². The lowest BCUT2D eigenvalue weighted by molar-refractivity contribution is 0.0995. The average Bonchev–Trinajstić information content (AvgIpc) is 2.17. The van der Waals surface area contributed by atoms with E-state index in [-0.39, 0.29) is 11.3 Å². The molecule has 0 unspecified atom stereocenters. The molecule has 0 aliphatic carbocycles. The van der Waals surface area contributed by atoms with Gasteiger partial charge in [0.2, 0.25) is 0 Å². The van der Waals surface area contributed by atoms with Crippen LogP contribution in [0.4, 0.5) is 4.39 Å². The van der Waals surface area contributed by atoms with Crippen LogP contribution in [0.2, 0.25) is 0 Å². The van der Waals surface area contributed by atoms with Crippen LogP contribution in [0, 0.1) is 5.82 Å². The Morgan fingerprint density at radius 2 is 2.00 bits per heavy atom. The molecule has 0 spiro atoms. The Balaban J connectivity index is 3.34. The number of halogens is 1. The van der Waals surface area contributed by atoms with Crippen LogP contribution >= 0.6 is 0 Å². The van der Waals surface area contributed by atoms with Crippen molar-refractivity contribution in [2.45, 2.75) is 0 Å². The van der Waals surface area contributed by atoms with E-state index in [2.05, 4.69) is 0 Å². The average molecular weight is 199 g/mol. The molecule has 2 N–H and O–H groups in total. The molecular weight excluding hydrogens is 189 g/mol. The third-order valence-corrected chi connectivity index (χ3v) is 1.73. The predicted molar refractivity (Wildman–Crippen MR) is 48.0 cm³/mol. The number of methoxy groups -OCH3 is 2.